The predicted octanol–water partition coefficient (Wildman–Crippen LogP) is 0.211. The van der Waals surface area contributed by atoms with Crippen LogP contribution in [0.5, 0.6) is 0 Å². The molecule has 2 heterocycles. The zero-order chi connectivity index (χ0) is 11.4. The Labute approximate surface area is 95.6 Å². The van der Waals surface area contributed by atoms with E-state index in [1.165, 1.54) is 19.3 Å². The first-order valence-electron chi connectivity index (χ1n) is 5.77. The second kappa shape index (κ2) is 5.36. The van der Waals surface area contributed by atoms with Crippen molar-refractivity contribution in [1.82, 2.24) is 25.1 Å². The number of rotatable bonds is 4. The van der Waals surface area contributed by atoms with Crippen LogP contribution in [0.2, 0.25) is 0 Å². The van der Waals surface area contributed by atoms with Crippen molar-refractivity contribution in [3.8, 4) is 0 Å². The molecular weight excluding hydrogens is 206 g/mol. The molecule has 0 N–H and O–H groups in total. The molecule has 0 saturated carbocycles. The summed E-state index contributed by atoms with van der Waals surface area (Å²) < 4.78 is 7.40. The minimum Gasteiger partial charge on any atom is -0.377 e. The number of hydrogen-bond acceptors (Lipinski definition) is 5. The largest absolute Gasteiger partial charge is 0.377 e. The molecule has 1 unspecified atom stereocenters. The number of likely N-dealkylation sites (N-methyl/N-ethyl adjacent to an activating group) is 1. The van der Waals surface area contributed by atoms with Crippen molar-refractivity contribution >= 4 is 0 Å². The quantitative estimate of drug-likeness (QED) is 0.733. The number of tetrazole rings is 1. The minimum atomic E-state index is 0.375. The molecule has 16 heavy (non-hydrogen) atoms. The van der Waals surface area contributed by atoms with Gasteiger partial charge in [-0.25, -0.2) is 4.68 Å². The van der Waals surface area contributed by atoms with Gasteiger partial charge in [0.1, 0.15) is 0 Å². The van der Waals surface area contributed by atoms with Crippen LogP contribution in [0.15, 0.2) is 0 Å². The van der Waals surface area contributed by atoms with Crippen molar-refractivity contribution < 1.29 is 4.74 Å². The highest BCUT2D eigenvalue weighted by atomic mass is 16.5. The summed E-state index contributed by atoms with van der Waals surface area (Å²) in [4.78, 5) is 2.21. The number of nitrogens with zero attached hydrogens (tertiary/aromatic N) is 5. The van der Waals surface area contributed by atoms with Gasteiger partial charge < -0.3 is 4.74 Å². The molecular formula is C10H19N5O. The maximum absolute atomic E-state index is 5.70. The van der Waals surface area contributed by atoms with E-state index in [2.05, 4.69) is 27.5 Å². The summed E-state index contributed by atoms with van der Waals surface area (Å²) in [6.07, 6.45) is 4.03. The molecule has 2 rings (SSSR count). The zero-order valence-corrected chi connectivity index (χ0v) is 9.96. The Morgan fingerprint density at radius 1 is 1.50 bits per heavy atom. The number of aryl methyl sites for hydroxylation is 1. The van der Waals surface area contributed by atoms with Crippen LogP contribution in [-0.4, -0.2) is 51.4 Å². The van der Waals surface area contributed by atoms with E-state index in [1.807, 2.05) is 7.05 Å². The van der Waals surface area contributed by atoms with Crippen LogP contribution in [0.25, 0.3) is 0 Å². The second-order valence-electron chi connectivity index (χ2n) is 4.40. The number of ether oxygens (including phenoxy) is 1. The van der Waals surface area contributed by atoms with Gasteiger partial charge in [-0.1, -0.05) is 0 Å². The Hall–Kier alpha value is -1.01. The van der Waals surface area contributed by atoms with Crippen LogP contribution >= 0.6 is 0 Å². The van der Waals surface area contributed by atoms with Crippen LogP contribution < -0.4 is 0 Å². The molecule has 1 aromatic heterocycles. The normalized spacial score (nSPS) is 21.6. The van der Waals surface area contributed by atoms with Crippen molar-refractivity contribution in [2.75, 3.05) is 20.2 Å². The fourth-order valence-corrected chi connectivity index (χ4v) is 1.99. The highest BCUT2D eigenvalue weighted by Crippen LogP contribution is 2.13. The van der Waals surface area contributed by atoms with Gasteiger partial charge in [0.25, 0.3) is 0 Å². The molecule has 0 amide bonds. The lowest BCUT2D eigenvalue weighted by molar-refractivity contribution is -0.00306. The van der Waals surface area contributed by atoms with Crippen LogP contribution in [0, 0.1) is 0 Å². The van der Waals surface area contributed by atoms with Crippen LogP contribution in [0.1, 0.15) is 25.1 Å². The summed E-state index contributed by atoms with van der Waals surface area (Å²) in [7, 11) is 3.94. The molecule has 1 aliphatic rings. The van der Waals surface area contributed by atoms with Crippen LogP contribution in [0.4, 0.5) is 0 Å². The monoisotopic (exact) mass is 225 g/mol. The number of hydrogen-bond donors (Lipinski definition) is 0. The van der Waals surface area contributed by atoms with Gasteiger partial charge >= 0.3 is 0 Å². The molecule has 0 radical (unpaired) electrons. The van der Waals surface area contributed by atoms with E-state index >= 15 is 0 Å². The fourth-order valence-electron chi connectivity index (χ4n) is 1.99. The number of aromatic nitrogens is 4. The second-order valence-corrected chi connectivity index (χ2v) is 4.40. The Morgan fingerprint density at radius 3 is 3.00 bits per heavy atom. The molecule has 6 heteroatoms. The molecule has 1 atom stereocenters. The standard InChI is InChI=1S/C10H19N5O/c1-14(7-9-5-3-4-6-16-9)8-10-11-12-13-15(10)2/h9H,3-8H2,1-2H3. The van der Waals surface area contributed by atoms with Crippen LogP contribution in [0.3, 0.4) is 0 Å². The molecule has 0 aliphatic carbocycles. The molecule has 6 nitrogen and oxygen atoms in total. The molecule has 1 saturated heterocycles. The lowest BCUT2D eigenvalue weighted by Crippen LogP contribution is -2.33. The highest BCUT2D eigenvalue weighted by Gasteiger charge is 2.16. The van der Waals surface area contributed by atoms with Crippen molar-refractivity contribution in [3.63, 3.8) is 0 Å². The average molecular weight is 225 g/mol. The van der Waals surface area contributed by atoms with E-state index in [1.54, 1.807) is 4.68 Å². The maximum atomic E-state index is 5.70. The first-order chi connectivity index (χ1) is 7.75. The Kier molecular flexibility index (Phi) is 3.84. The summed E-state index contributed by atoms with van der Waals surface area (Å²) in [5, 5.41) is 11.4. The molecule has 1 fully saturated rings. The van der Waals surface area contributed by atoms with E-state index in [4.69, 9.17) is 4.74 Å². The zero-order valence-electron chi connectivity index (χ0n) is 9.96. The highest BCUT2D eigenvalue weighted by molar-refractivity contribution is 4.80. The van der Waals surface area contributed by atoms with Crippen molar-refractivity contribution in [3.05, 3.63) is 5.82 Å². The predicted molar refractivity (Wildman–Crippen MR) is 58.7 cm³/mol. The summed E-state index contributed by atoms with van der Waals surface area (Å²) in [6.45, 7) is 2.63. The topological polar surface area (TPSA) is 56.1 Å². The van der Waals surface area contributed by atoms with Gasteiger partial charge in [0.15, 0.2) is 5.82 Å². The van der Waals surface area contributed by atoms with Gasteiger partial charge in [-0.05, 0) is 36.7 Å². The molecule has 0 aromatic carbocycles. The van der Waals surface area contributed by atoms with E-state index in [0.29, 0.717) is 6.10 Å². The Bertz CT molecular complexity index is 321. The van der Waals surface area contributed by atoms with Crippen molar-refractivity contribution in [1.29, 1.82) is 0 Å². The van der Waals surface area contributed by atoms with E-state index in [9.17, 15) is 0 Å². The third kappa shape index (κ3) is 2.99. The first-order valence-corrected chi connectivity index (χ1v) is 5.77. The van der Waals surface area contributed by atoms with E-state index in [0.717, 1.165) is 25.5 Å². The lowest BCUT2D eigenvalue weighted by atomic mass is 10.1. The summed E-state index contributed by atoms with van der Waals surface area (Å²) in [5.74, 6) is 0.887. The third-order valence-electron chi connectivity index (χ3n) is 2.91. The molecule has 1 aromatic rings. The minimum absolute atomic E-state index is 0.375. The maximum Gasteiger partial charge on any atom is 0.164 e. The third-order valence-corrected chi connectivity index (χ3v) is 2.91. The lowest BCUT2D eigenvalue weighted by Gasteiger charge is -2.26. The summed E-state index contributed by atoms with van der Waals surface area (Å²) in [6, 6.07) is 0. The molecule has 0 spiro atoms. The van der Waals surface area contributed by atoms with Gasteiger partial charge in [0.2, 0.25) is 0 Å². The SMILES string of the molecule is CN(Cc1nnnn1C)CC1CCCCO1. The Morgan fingerprint density at radius 2 is 2.38 bits per heavy atom. The van der Waals surface area contributed by atoms with Gasteiger partial charge in [0.05, 0.1) is 12.6 Å². The van der Waals surface area contributed by atoms with E-state index < -0.39 is 0 Å². The van der Waals surface area contributed by atoms with Crippen molar-refractivity contribution in [2.24, 2.45) is 7.05 Å². The smallest absolute Gasteiger partial charge is 0.164 e. The molecule has 0 bridgehead atoms. The van der Waals surface area contributed by atoms with Crippen LogP contribution in [-0.2, 0) is 18.3 Å². The van der Waals surface area contributed by atoms with Gasteiger partial charge in [-0.2, -0.15) is 0 Å². The molecule has 1 aliphatic heterocycles. The van der Waals surface area contributed by atoms with Gasteiger partial charge in [0, 0.05) is 20.2 Å². The van der Waals surface area contributed by atoms with Gasteiger partial charge in [-0.3, -0.25) is 4.90 Å². The fraction of sp³-hybridized carbons (Fsp3) is 0.900. The summed E-state index contributed by atoms with van der Waals surface area (Å²) >= 11 is 0. The first kappa shape index (κ1) is 11.5. The Balaban J connectivity index is 1.79. The van der Waals surface area contributed by atoms with Crippen molar-refractivity contribution in [2.45, 2.75) is 31.9 Å². The van der Waals surface area contributed by atoms with Gasteiger partial charge in [-0.15, -0.1) is 5.10 Å². The average Bonchev–Trinajstić information content (AvgIpc) is 2.66. The summed E-state index contributed by atoms with van der Waals surface area (Å²) in [5.41, 5.74) is 0. The van der Waals surface area contributed by atoms with E-state index in [-0.39, 0.29) is 0 Å². The molecule has 90 valence electrons.